The van der Waals surface area contributed by atoms with E-state index < -0.39 is 22.0 Å². The Hall–Kier alpha value is -4.41. The largest absolute Gasteiger partial charge is 0.351 e. The summed E-state index contributed by atoms with van der Waals surface area (Å²) in [5.41, 5.74) is -0.0241. The number of hydrogen-bond acceptors (Lipinski definition) is 7. The highest BCUT2D eigenvalue weighted by Gasteiger charge is 2.24. The van der Waals surface area contributed by atoms with Gasteiger partial charge in [0.15, 0.2) is 17.4 Å². The van der Waals surface area contributed by atoms with Crippen molar-refractivity contribution in [3.63, 3.8) is 0 Å². The van der Waals surface area contributed by atoms with Crippen molar-refractivity contribution < 1.29 is 18.9 Å². The topological polar surface area (TPSA) is 119 Å². The van der Waals surface area contributed by atoms with E-state index in [0.29, 0.717) is 38.3 Å². The number of pyridine rings is 2. The summed E-state index contributed by atoms with van der Waals surface area (Å²) in [6, 6.07) is 6.72. The summed E-state index contributed by atoms with van der Waals surface area (Å²) in [6.45, 7) is 5.42. The lowest BCUT2D eigenvalue weighted by atomic mass is 10.1. The van der Waals surface area contributed by atoms with E-state index >= 15 is 4.39 Å². The number of ketones is 1. The molecule has 10 nitrogen and oxygen atoms in total. The van der Waals surface area contributed by atoms with Crippen LogP contribution in [-0.4, -0.2) is 57.2 Å². The van der Waals surface area contributed by atoms with Crippen molar-refractivity contribution in [1.29, 1.82) is 0 Å². The maximum Gasteiger partial charge on any atom is 0.269 e. The van der Waals surface area contributed by atoms with Crippen LogP contribution in [0.5, 0.6) is 0 Å². The normalized spacial score (nSPS) is 14.0. The van der Waals surface area contributed by atoms with Crippen LogP contribution in [0.3, 0.4) is 0 Å². The van der Waals surface area contributed by atoms with Gasteiger partial charge in [-0.2, -0.15) is 0 Å². The smallest absolute Gasteiger partial charge is 0.269 e. The molecule has 11 heteroatoms. The first-order valence-electron chi connectivity index (χ1n) is 11.4. The van der Waals surface area contributed by atoms with Gasteiger partial charge in [-0.1, -0.05) is 6.08 Å². The number of rotatable bonds is 6. The number of fused-ring (bicyclic) bond motifs is 1. The van der Waals surface area contributed by atoms with Crippen LogP contribution in [0.15, 0.2) is 47.4 Å². The van der Waals surface area contributed by atoms with Gasteiger partial charge in [-0.3, -0.25) is 24.5 Å². The lowest BCUT2D eigenvalue weighted by molar-refractivity contribution is -0.384. The molecule has 36 heavy (non-hydrogen) atoms. The van der Waals surface area contributed by atoms with E-state index in [1.54, 1.807) is 14.4 Å². The zero-order valence-corrected chi connectivity index (χ0v) is 19.8. The Kier molecular flexibility index (Phi) is 6.91. The highest BCUT2D eigenvalue weighted by molar-refractivity contribution is 6.08. The lowest BCUT2D eigenvalue weighted by Crippen LogP contribution is -2.48. The van der Waals surface area contributed by atoms with Gasteiger partial charge in [0, 0.05) is 58.0 Å². The maximum atomic E-state index is 15.1. The standard InChI is InChI=1S/C25H24FN5O5/c1-3-28-15-20(22(33)9-6-17-4-7-18(8-5-17)31(35)36)23(34)19-14-21(26)25(27-24(19)28)30-12-10-29(11-13-30)16(2)32/h4-9,14-15H,3,10-13H2,1-2H3. The minimum absolute atomic E-state index is 0.00458. The summed E-state index contributed by atoms with van der Waals surface area (Å²) in [5.74, 6) is -1.19. The third-order valence-electron chi connectivity index (χ3n) is 6.15. The summed E-state index contributed by atoms with van der Waals surface area (Å²) in [7, 11) is 0. The van der Waals surface area contributed by atoms with Gasteiger partial charge in [0.05, 0.1) is 15.9 Å². The number of non-ortho nitro benzene ring substituents is 1. The number of halogens is 1. The Balaban J connectivity index is 1.66. The number of aryl methyl sites for hydroxylation is 1. The van der Waals surface area contributed by atoms with Gasteiger partial charge >= 0.3 is 0 Å². The Morgan fingerprint density at radius 1 is 1.17 bits per heavy atom. The number of allylic oxidation sites excluding steroid dienone is 1. The van der Waals surface area contributed by atoms with E-state index in [2.05, 4.69) is 4.98 Å². The molecule has 1 aliphatic rings. The number of aromatic nitrogens is 2. The van der Waals surface area contributed by atoms with Crippen molar-refractivity contribution in [2.24, 2.45) is 0 Å². The van der Waals surface area contributed by atoms with Crippen LogP contribution in [-0.2, 0) is 11.3 Å². The van der Waals surface area contributed by atoms with Crippen molar-refractivity contribution in [3.05, 3.63) is 79.9 Å². The first kappa shape index (κ1) is 24.7. The van der Waals surface area contributed by atoms with Gasteiger partial charge in [-0.25, -0.2) is 9.37 Å². The molecule has 186 valence electrons. The van der Waals surface area contributed by atoms with Crippen molar-refractivity contribution >= 4 is 40.3 Å². The Labute approximate surface area is 205 Å². The number of carbonyl (C=O) groups excluding carboxylic acids is 2. The van der Waals surface area contributed by atoms with Gasteiger partial charge in [0.2, 0.25) is 11.3 Å². The average Bonchev–Trinajstić information content (AvgIpc) is 2.87. The molecule has 1 fully saturated rings. The molecule has 0 saturated carbocycles. The predicted octanol–water partition coefficient (Wildman–Crippen LogP) is 3.03. The molecule has 1 saturated heterocycles. The van der Waals surface area contributed by atoms with E-state index in [0.717, 1.165) is 6.07 Å². The third kappa shape index (κ3) is 4.85. The molecule has 3 heterocycles. The first-order valence-corrected chi connectivity index (χ1v) is 11.4. The molecule has 0 N–H and O–H groups in total. The van der Waals surface area contributed by atoms with Gasteiger partial charge in [0.1, 0.15) is 5.65 Å². The fraction of sp³-hybridized carbons (Fsp3) is 0.280. The molecule has 0 atom stereocenters. The van der Waals surface area contributed by atoms with Crippen LogP contribution >= 0.6 is 0 Å². The van der Waals surface area contributed by atoms with Crippen LogP contribution in [0.4, 0.5) is 15.9 Å². The third-order valence-corrected chi connectivity index (χ3v) is 6.15. The number of hydrogen-bond donors (Lipinski definition) is 0. The van der Waals surface area contributed by atoms with Crippen LogP contribution in [0.1, 0.15) is 29.8 Å². The van der Waals surface area contributed by atoms with Crippen LogP contribution in [0, 0.1) is 15.9 Å². The Bertz CT molecular complexity index is 1440. The second kappa shape index (κ2) is 10.1. The molecule has 3 aromatic rings. The van der Waals surface area contributed by atoms with Crippen molar-refractivity contribution in [2.75, 3.05) is 31.1 Å². The molecule has 0 aliphatic carbocycles. The highest BCUT2D eigenvalue weighted by Crippen LogP contribution is 2.23. The van der Waals surface area contributed by atoms with E-state index in [-0.39, 0.29) is 34.0 Å². The Morgan fingerprint density at radius 2 is 1.83 bits per heavy atom. The van der Waals surface area contributed by atoms with Gasteiger partial charge < -0.3 is 14.4 Å². The van der Waals surface area contributed by atoms with Crippen molar-refractivity contribution in [2.45, 2.75) is 20.4 Å². The van der Waals surface area contributed by atoms with E-state index in [1.165, 1.54) is 49.5 Å². The van der Waals surface area contributed by atoms with Crippen LogP contribution < -0.4 is 10.3 Å². The average molecular weight is 493 g/mol. The minimum atomic E-state index is -0.676. The summed E-state index contributed by atoms with van der Waals surface area (Å²) in [4.78, 5) is 55.7. The monoisotopic (exact) mass is 493 g/mol. The minimum Gasteiger partial charge on any atom is -0.351 e. The molecule has 0 bridgehead atoms. The molecule has 0 radical (unpaired) electrons. The van der Waals surface area contributed by atoms with Crippen molar-refractivity contribution in [3.8, 4) is 0 Å². The zero-order valence-electron chi connectivity index (χ0n) is 19.8. The summed E-state index contributed by atoms with van der Waals surface area (Å²) >= 11 is 0. The number of nitrogens with zero attached hydrogens (tertiary/aromatic N) is 5. The number of nitro groups is 1. The molecule has 2 aromatic heterocycles. The molecule has 0 unspecified atom stereocenters. The second-order valence-corrected chi connectivity index (χ2v) is 8.36. The number of piperazine rings is 1. The quantitative estimate of drug-likeness (QED) is 0.224. The van der Waals surface area contributed by atoms with E-state index in [1.807, 2.05) is 6.92 Å². The number of carbonyl (C=O) groups is 2. The molecule has 4 rings (SSSR count). The van der Waals surface area contributed by atoms with Crippen LogP contribution in [0.2, 0.25) is 0 Å². The predicted molar refractivity (Wildman–Crippen MR) is 133 cm³/mol. The lowest BCUT2D eigenvalue weighted by Gasteiger charge is -2.35. The van der Waals surface area contributed by atoms with Gasteiger partial charge in [-0.05, 0) is 36.8 Å². The second-order valence-electron chi connectivity index (χ2n) is 8.36. The zero-order chi connectivity index (χ0) is 26.0. The van der Waals surface area contributed by atoms with Crippen LogP contribution in [0.25, 0.3) is 17.1 Å². The highest BCUT2D eigenvalue weighted by atomic mass is 19.1. The summed E-state index contributed by atoms with van der Waals surface area (Å²) in [6.07, 6.45) is 4.07. The maximum absolute atomic E-state index is 15.1. The summed E-state index contributed by atoms with van der Waals surface area (Å²) < 4.78 is 16.7. The number of benzene rings is 1. The van der Waals surface area contributed by atoms with Gasteiger partial charge in [0.25, 0.3) is 5.69 Å². The van der Waals surface area contributed by atoms with E-state index in [9.17, 15) is 24.5 Å². The number of nitro benzene ring substituents is 1. The molecule has 1 amide bonds. The Morgan fingerprint density at radius 3 is 2.42 bits per heavy atom. The SMILES string of the molecule is CCn1cc(C(=O)C=Cc2ccc([N+](=O)[O-])cc2)c(=O)c2cc(F)c(N3CCN(C(C)=O)CC3)nc21. The fourth-order valence-corrected chi connectivity index (χ4v) is 4.12. The molecular formula is C25H24FN5O5. The molecular weight excluding hydrogens is 469 g/mol. The van der Waals surface area contributed by atoms with Crippen molar-refractivity contribution in [1.82, 2.24) is 14.5 Å². The molecule has 0 spiro atoms. The van der Waals surface area contributed by atoms with E-state index in [4.69, 9.17) is 0 Å². The number of amides is 1. The number of anilines is 1. The molecule has 1 aromatic carbocycles. The first-order chi connectivity index (χ1) is 17.2. The molecule has 1 aliphatic heterocycles. The van der Waals surface area contributed by atoms with Gasteiger partial charge in [-0.15, -0.1) is 0 Å². The summed E-state index contributed by atoms with van der Waals surface area (Å²) in [5, 5.41) is 10.8. The fourth-order valence-electron chi connectivity index (χ4n) is 4.12.